The normalized spacial score (nSPS) is 20.1. The second-order valence-electron chi connectivity index (χ2n) is 5.72. The summed E-state index contributed by atoms with van der Waals surface area (Å²) in [5.74, 6) is -0.600. The van der Waals surface area contributed by atoms with Crippen molar-refractivity contribution < 1.29 is 9.59 Å². The number of rotatable bonds is 6. The molecule has 0 aliphatic heterocycles. The largest absolute Gasteiger partial charge is 0.352 e. The van der Waals surface area contributed by atoms with Crippen LogP contribution in [0.2, 0.25) is 0 Å². The van der Waals surface area contributed by atoms with Gasteiger partial charge in [-0.3, -0.25) is 9.59 Å². The van der Waals surface area contributed by atoms with E-state index in [0.717, 1.165) is 12.0 Å². The third-order valence-corrected chi connectivity index (χ3v) is 4.62. The standard InChI is InChI=1S/C16H20Cl2N2O2/c1-3-10(2)20-14(21)12-6-4-5-11(7-12)9-19-15(22)13-8-16(13,17)18/h4-7,10,13H,3,8-9H2,1-2H3,(H,19,22)(H,20,21). The van der Waals surface area contributed by atoms with Crippen LogP contribution >= 0.6 is 23.2 Å². The molecule has 2 atom stereocenters. The molecule has 2 amide bonds. The lowest BCUT2D eigenvalue weighted by molar-refractivity contribution is -0.122. The summed E-state index contributed by atoms with van der Waals surface area (Å²) >= 11 is 11.7. The molecule has 1 aliphatic carbocycles. The van der Waals surface area contributed by atoms with Crippen molar-refractivity contribution in [1.29, 1.82) is 0 Å². The first-order valence-electron chi connectivity index (χ1n) is 7.39. The van der Waals surface area contributed by atoms with Gasteiger partial charge in [-0.15, -0.1) is 23.2 Å². The fourth-order valence-corrected chi connectivity index (χ4v) is 2.55. The molecule has 0 aromatic heterocycles. The van der Waals surface area contributed by atoms with E-state index in [4.69, 9.17) is 23.2 Å². The van der Waals surface area contributed by atoms with Gasteiger partial charge in [0.15, 0.2) is 0 Å². The van der Waals surface area contributed by atoms with Crippen molar-refractivity contribution in [3.8, 4) is 0 Å². The van der Waals surface area contributed by atoms with Gasteiger partial charge in [-0.2, -0.15) is 0 Å². The van der Waals surface area contributed by atoms with E-state index in [1.807, 2.05) is 19.9 Å². The zero-order valence-electron chi connectivity index (χ0n) is 12.7. The Balaban J connectivity index is 1.91. The maximum atomic E-state index is 12.1. The molecule has 1 saturated carbocycles. The van der Waals surface area contributed by atoms with Gasteiger partial charge >= 0.3 is 0 Å². The molecule has 2 N–H and O–H groups in total. The Morgan fingerprint density at radius 1 is 1.41 bits per heavy atom. The Morgan fingerprint density at radius 3 is 2.68 bits per heavy atom. The van der Waals surface area contributed by atoms with E-state index in [2.05, 4.69) is 10.6 Å². The second kappa shape index (κ2) is 6.88. The van der Waals surface area contributed by atoms with Gasteiger partial charge in [0.2, 0.25) is 5.91 Å². The Morgan fingerprint density at radius 2 is 2.09 bits per heavy atom. The molecule has 4 nitrogen and oxygen atoms in total. The molecule has 0 heterocycles. The molecule has 2 unspecified atom stereocenters. The lowest BCUT2D eigenvalue weighted by atomic mass is 10.1. The van der Waals surface area contributed by atoms with Crippen LogP contribution in [0.25, 0.3) is 0 Å². The predicted molar refractivity (Wildman–Crippen MR) is 88.1 cm³/mol. The molecule has 22 heavy (non-hydrogen) atoms. The maximum absolute atomic E-state index is 12.1. The average Bonchev–Trinajstić information content (AvgIpc) is 3.13. The third kappa shape index (κ3) is 4.37. The van der Waals surface area contributed by atoms with Crippen LogP contribution in [0, 0.1) is 5.92 Å². The van der Waals surface area contributed by atoms with Crippen LogP contribution in [0.3, 0.4) is 0 Å². The van der Waals surface area contributed by atoms with Gasteiger partial charge in [0.05, 0.1) is 5.92 Å². The van der Waals surface area contributed by atoms with Crippen molar-refractivity contribution in [3.05, 3.63) is 35.4 Å². The Kier molecular flexibility index (Phi) is 5.35. The van der Waals surface area contributed by atoms with Crippen LogP contribution in [-0.4, -0.2) is 22.2 Å². The van der Waals surface area contributed by atoms with Crippen molar-refractivity contribution in [2.24, 2.45) is 5.92 Å². The minimum Gasteiger partial charge on any atom is -0.352 e. The van der Waals surface area contributed by atoms with E-state index in [1.165, 1.54) is 0 Å². The molecule has 1 aromatic carbocycles. The molecule has 0 saturated heterocycles. The average molecular weight is 343 g/mol. The Hall–Kier alpha value is -1.26. The van der Waals surface area contributed by atoms with Gasteiger partial charge in [0.25, 0.3) is 5.91 Å². The SMILES string of the molecule is CCC(C)NC(=O)c1cccc(CNC(=O)C2CC2(Cl)Cl)c1. The summed E-state index contributed by atoms with van der Waals surface area (Å²) < 4.78 is -0.915. The van der Waals surface area contributed by atoms with E-state index < -0.39 is 4.33 Å². The van der Waals surface area contributed by atoms with Crippen molar-refractivity contribution in [2.75, 3.05) is 0 Å². The topological polar surface area (TPSA) is 58.2 Å². The zero-order chi connectivity index (χ0) is 16.3. The Bertz CT molecular complexity index is 575. The number of alkyl halides is 2. The summed E-state index contributed by atoms with van der Waals surface area (Å²) in [4.78, 5) is 23.9. The maximum Gasteiger partial charge on any atom is 0.251 e. The van der Waals surface area contributed by atoms with Crippen LogP contribution in [0.1, 0.15) is 42.6 Å². The molecule has 120 valence electrons. The van der Waals surface area contributed by atoms with Crippen molar-refractivity contribution >= 4 is 35.0 Å². The van der Waals surface area contributed by atoms with Crippen molar-refractivity contribution in [1.82, 2.24) is 10.6 Å². The fraction of sp³-hybridized carbons (Fsp3) is 0.500. The lowest BCUT2D eigenvalue weighted by Crippen LogP contribution is -2.32. The van der Waals surface area contributed by atoms with Crippen molar-refractivity contribution in [3.63, 3.8) is 0 Å². The molecule has 1 aliphatic rings. The number of hydrogen-bond donors (Lipinski definition) is 2. The van der Waals surface area contributed by atoms with Crippen molar-refractivity contribution in [2.45, 2.75) is 43.6 Å². The summed E-state index contributed by atoms with van der Waals surface area (Å²) in [7, 11) is 0. The molecule has 1 fully saturated rings. The van der Waals surface area contributed by atoms with Gasteiger partial charge < -0.3 is 10.6 Å². The van der Waals surface area contributed by atoms with Gasteiger partial charge in [0.1, 0.15) is 4.33 Å². The summed E-state index contributed by atoms with van der Waals surface area (Å²) in [6, 6.07) is 7.33. The monoisotopic (exact) mass is 342 g/mol. The first-order chi connectivity index (χ1) is 10.3. The molecule has 0 spiro atoms. The first-order valence-corrected chi connectivity index (χ1v) is 8.14. The van der Waals surface area contributed by atoms with E-state index in [1.54, 1.807) is 18.2 Å². The number of nitrogens with one attached hydrogen (secondary N) is 2. The van der Waals surface area contributed by atoms with E-state index in [9.17, 15) is 9.59 Å². The fourth-order valence-electron chi connectivity index (χ4n) is 2.04. The zero-order valence-corrected chi connectivity index (χ0v) is 14.2. The van der Waals surface area contributed by atoms with Crippen LogP contribution in [-0.2, 0) is 11.3 Å². The minimum absolute atomic E-state index is 0.106. The Labute approximate surface area is 140 Å². The van der Waals surface area contributed by atoms with Gasteiger partial charge in [-0.1, -0.05) is 19.1 Å². The number of benzene rings is 1. The quantitative estimate of drug-likeness (QED) is 0.780. The highest BCUT2D eigenvalue weighted by molar-refractivity contribution is 6.52. The number of hydrogen-bond acceptors (Lipinski definition) is 2. The summed E-state index contributed by atoms with van der Waals surface area (Å²) in [6.07, 6.45) is 1.36. The van der Waals surface area contributed by atoms with Gasteiger partial charge in [-0.25, -0.2) is 0 Å². The molecule has 2 rings (SSSR count). The molecular formula is C16H20Cl2N2O2. The molecule has 0 radical (unpaired) electrons. The smallest absolute Gasteiger partial charge is 0.251 e. The number of halogens is 2. The predicted octanol–water partition coefficient (Wildman–Crippen LogP) is 3.02. The molecule has 6 heteroatoms. The highest BCUT2D eigenvalue weighted by atomic mass is 35.5. The van der Waals surface area contributed by atoms with Crippen LogP contribution in [0.15, 0.2) is 24.3 Å². The van der Waals surface area contributed by atoms with E-state index in [0.29, 0.717) is 18.5 Å². The number of carbonyl (C=O) groups excluding carboxylic acids is 2. The van der Waals surface area contributed by atoms with Crippen LogP contribution in [0.4, 0.5) is 0 Å². The van der Waals surface area contributed by atoms with E-state index >= 15 is 0 Å². The number of amides is 2. The lowest BCUT2D eigenvalue weighted by Gasteiger charge is -2.12. The second-order valence-corrected chi connectivity index (χ2v) is 7.26. The highest BCUT2D eigenvalue weighted by Crippen LogP contribution is 2.53. The minimum atomic E-state index is -0.915. The summed E-state index contributed by atoms with van der Waals surface area (Å²) in [6.45, 7) is 4.33. The van der Waals surface area contributed by atoms with E-state index in [-0.39, 0.29) is 23.8 Å². The van der Waals surface area contributed by atoms with Gasteiger partial charge in [0, 0.05) is 18.2 Å². The number of carbonyl (C=O) groups is 2. The molecular weight excluding hydrogens is 323 g/mol. The molecule has 0 bridgehead atoms. The highest BCUT2D eigenvalue weighted by Gasteiger charge is 2.56. The van der Waals surface area contributed by atoms with Crippen LogP contribution < -0.4 is 10.6 Å². The van der Waals surface area contributed by atoms with Crippen LogP contribution in [0.5, 0.6) is 0 Å². The molecule has 1 aromatic rings. The first kappa shape index (κ1) is 17.1. The summed E-state index contributed by atoms with van der Waals surface area (Å²) in [5, 5.41) is 5.71. The third-order valence-electron chi connectivity index (χ3n) is 3.79. The summed E-state index contributed by atoms with van der Waals surface area (Å²) in [5.41, 5.74) is 1.45. The van der Waals surface area contributed by atoms with Gasteiger partial charge in [-0.05, 0) is 37.5 Å².